The molecule has 0 rings (SSSR count). The molecule has 0 bridgehead atoms. The van der Waals surface area contributed by atoms with Crippen molar-refractivity contribution in [1.82, 2.24) is 4.90 Å². The first-order valence-electron chi connectivity index (χ1n) is 20.2. The van der Waals surface area contributed by atoms with Gasteiger partial charge in [-0.2, -0.15) is 0 Å². The van der Waals surface area contributed by atoms with Crippen LogP contribution < -0.4 is 0 Å². The summed E-state index contributed by atoms with van der Waals surface area (Å²) in [6.07, 6.45) is 29.8. The summed E-state index contributed by atoms with van der Waals surface area (Å²) in [6, 6.07) is 0. The SMILES string of the molecule is CCCCCCCCCCCCCC(=O)OCCN(CCOC(=O)CCCCCCCCCCCCC)C(=O)CC[N+](C)(C)CCC. The Morgan fingerprint density at radius 3 is 1.13 bits per heavy atom. The maximum Gasteiger partial charge on any atom is 0.305 e. The minimum Gasteiger partial charge on any atom is -0.464 e. The second kappa shape index (κ2) is 32.9. The Kier molecular flexibility index (Phi) is 31.8. The third kappa shape index (κ3) is 31.4. The molecule has 278 valence electrons. The molecular formula is C40H79N2O5+. The summed E-state index contributed by atoms with van der Waals surface area (Å²) in [5.41, 5.74) is 0. The molecule has 0 aromatic carbocycles. The van der Waals surface area contributed by atoms with Gasteiger partial charge in [-0.3, -0.25) is 14.4 Å². The second-order valence-electron chi connectivity index (χ2n) is 14.5. The topological polar surface area (TPSA) is 72.9 Å². The zero-order valence-corrected chi connectivity index (χ0v) is 32.1. The maximum atomic E-state index is 13.1. The average Bonchev–Trinajstić information content (AvgIpc) is 3.04. The molecule has 7 nitrogen and oxygen atoms in total. The van der Waals surface area contributed by atoms with Crippen molar-refractivity contribution < 1.29 is 28.3 Å². The van der Waals surface area contributed by atoms with E-state index < -0.39 is 0 Å². The molecule has 0 aromatic rings. The maximum absolute atomic E-state index is 13.1. The lowest BCUT2D eigenvalue weighted by Gasteiger charge is -2.30. The number of hydrogen-bond acceptors (Lipinski definition) is 5. The zero-order valence-electron chi connectivity index (χ0n) is 32.1. The van der Waals surface area contributed by atoms with Gasteiger partial charge < -0.3 is 18.9 Å². The lowest BCUT2D eigenvalue weighted by atomic mass is 10.1. The highest BCUT2D eigenvalue weighted by atomic mass is 16.5. The van der Waals surface area contributed by atoms with E-state index in [-0.39, 0.29) is 31.1 Å². The molecule has 0 N–H and O–H groups in total. The van der Waals surface area contributed by atoms with Gasteiger partial charge in [-0.1, -0.05) is 149 Å². The first-order valence-corrected chi connectivity index (χ1v) is 20.2. The minimum absolute atomic E-state index is 0.0233. The zero-order chi connectivity index (χ0) is 34.9. The highest BCUT2D eigenvalue weighted by Gasteiger charge is 2.20. The van der Waals surface area contributed by atoms with Crippen molar-refractivity contribution in [3.63, 3.8) is 0 Å². The Bertz CT molecular complexity index is 698. The molecule has 0 aliphatic heterocycles. The van der Waals surface area contributed by atoms with Crippen molar-refractivity contribution in [2.75, 3.05) is 53.5 Å². The van der Waals surface area contributed by atoms with E-state index in [1.165, 1.54) is 116 Å². The molecule has 0 fully saturated rings. The fourth-order valence-electron chi connectivity index (χ4n) is 6.19. The molecule has 0 aromatic heterocycles. The van der Waals surface area contributed by atoms with Crippen LogP contribution in [0.5, 0.6) is 0 Å². The van der Waals surface area contributed by atoms with Gasteiger partial charge in [-0.05, 0) is 19.3 Å². The van der Waals surface area contributed by atoms with Crippen molar-refractivity contribution in [3.05, 3.63) is 0 Å². The van der Waals surface area contributed by atoms with Gasteiger partial charge in [0.2, 0.25) is 5.91 Å². The first kappa shape index (κ1) is 45.4. The predicted molar refractivity (Wildman–Crippen MR) is 197 cm³/mol. The summed E-state index contributed by atoms with van der Waals surface area (Å²) < 4.78 is 11.8. The van der Waals surface area contributed by atoms with Crippen LogP contribution in [0.4, 0.5) is 0 Å². The largest absolute Gasteiger partial charge is 0.464 e. The van der Waals surface area contributed by atoms with E-state index in [4.69, 9.17) is 9.47 Å². The van der Waals surface area contributed by atoms with Gasteiger partial charge in [0.1, 0.15) is 13.2 Å². The smallest absolute Gasteiger partial charge is 0.305 e. The normalized spacial score (nSPS) is 11.5. The van der Waals surface area contributed by atoms with Crippen LogP contribution in [0, 0.1) is 0 Å². The summed E-state index contributed by atoms with van der Waals surface area (Å²) in [4.78, 5) is 39.5. The van der Waals surface area contributed by atoms with Gasteiger partial charge in [0.05, 0.1) is 46.7 Å². The highest BCUT2D eigenvalue weighted by Crippen LogP contribution is 2.14. The van der Waals surface area contributed by atoms with Crippen LogP contribution in [0.2, 0.25) is 0 Å². The van der Waals surface area contributed by atoms with E-state index in [2.05, 4.69) is 34.9 Å². The number of ether oxygens (including phenoxy) is 2. The van der Waals surface area contributed by atoms with Crippen LogP contribution in [0.15, 0.2) is 0 Å². The molecule has 1 amide bonds. The second-order valence-corrected chi connectivity index (χ2v) is 14.5. The number of esters is 2. The van der Waals surface area contributed by atoms with E-state index in [9.17, 15) is 14.4 Å². The number of nitrogens with zero attached hydrogens (tertiary/aromatic N) is 2. The Hall–Kier alpha value is -1.63. The summed E-state index contributed by atoms with van der Waals surface area (Å²) in [6.45, 7) is 9.46. The summed E-state index contributed by atoms with van der Waals surface area (Å²) in [5, 5.41) is 0. The Labute approximate surface area is 291 Å². The number of carbonyl (C=O) groups excluding carboxylic acids is 3. The molecule has 0 aliphatic rings. The molecule has 47 heavy (non-hydrogen) atoms. The minimum atomic E-state index is -0.188. The quantitative estimate of drug-likeness (QED) is 0.0382. The predicted octanol–water partition coefficient (Wildman–Crippen LogP) is 10.2. The van der Waals surface area contributed by atoms with Crippen molar-refractivity contribution >= 4 is 17.8 Å². The fourth-order valence-corrected chi connectivity index (χ4v) is 6.19. The van der Waals surface area contributed by atoms with Crippen LogP contribution in [0.25, 0.3) is 0 Å². The van der Waals surface area contributed by atoms with E-state index >= 15 is 0 Å². The molecular weight excluding hydrogens is 588 g/mol. The molecule has 0 radical (unpaired) electrons. The molecule has 0 atom stereocenters. The van der Waals surface area contributed by atoms with Gasteiger partial charge in [0.25, 0.3) is 0 Å². The van der Waals surface area contributed by atoms with Gasteiger partial charge >= 0.3 is 11.9 Å². The molecule has 0 spiro atoms. The van der Waals surface area contributed by atoms with Crippen LogP contribution >= 0.6 is 0 Å². The van der Waals surface area contributed by atoms with E-state index in [1.807, 2.05) is 0 Å². The van der Waals surface area contributed by atoms with Crippen molar-refractivity contribution in [2.24, 2.45) is 0 Å². The lowest BCUT2D eigenvalue weighted by Crippen LogP contribution is -2.44. The van der Waals surface area contributed by atoms with Crippen LogP contribution in [-0.4, -0.2) is 80.7 Å². The third-order valence-electron chi connectivity index (χ3n) is 9.33. The molecule has 0 saturated carbocycles. The first-order chi connectivity index (χ1) is 22.8. The molecule has 0 unspecified atom stereocenters. The van der Waals surface area contributed by atoms with Crippen molar-refractivity contribution in [1.29, 1.82) is 0 Å². The Morgan fingerprint density at radius 1 is 0.447 bits per heavy atom. The molecule has 7 heteroatoms. The number of unbranched alkanes of at least 4 members (excludes halogenated alkanes) is 20. The van der Waals surface area contributed by atoms with Gasteiger partial charge in [-0.15, -0.1) is 0 Å². The van der Waals surface area contributed by atoms with Gasteiger partial charge in [-0.25, -0.2) is 0 Å². The fraction of sp³-hybridized carbons (Fsp3) is 0.925. The van der Waals surface area contributed by atoms with Gasteiger partial charge in [0, 0.05) is 12.8 Å². The van der Waals surface area contributed by atoms with E-state index in [0.717, 1.165) is 49.7 Å². The number of hydrogen-bond donors (Lipinski definition) is 0. The number of rotatable bonds is 35. The number of amides is 1. The summed E-state index contributed by atoms with van der Waals surface area (Å²) in [5.74, 6) is -0.352. The average molecular weight is 668 g/mol. The Morgan fingerprint density at radius 2 is 0.787 bits per heavy atom. The van der Waals surface area contributed by atoms with E-state index in [0.29, 0.717) is 32.4 Å². The lowest BCUT2D eigenvalue weighted by molar-refractivity contribution is -0.889. The van der Waals surface area contributed by atoms with Crippen LogP contribution in [0.3, 0.4) is 0 Å². The van der Waals surface area contributed by atoms with Crippen molar-refractivity contribution in [3.8, 4) is 0 Å². The third-order valence-corrected chi connectivity index (χ3v) is 9.33. The van der Waals surface area contributed by atoms with E-state index in [1.54, 1.807) is 4.90 Å². The van der Waals surface area contributed by atoms with Crippen molar-refractivity contribution in [2.45, 2.75) is 188 Å². The standard InChI is InChI=1S/C40H79N2O5/c1-6-9-11-13-15-17-19-21-23-25-27-29-39(44)46-36-32-41(38(43)31-35-42(4,5)34-8-3)33-37-47-40(45)30-28-26-24-22-20-18-16-14-12-10-7-2/h6-37H2,1-5H3/q+1. The molecule has 0 heterocycles. The Balaban J connectivity index is 4.28. The molecule has 0 aliphatic carbocycles. The number of quaternary nitrogens is 1. The number of carbonyl (C=O) groups is 3. The molecule has 0 saturated heterocycles. The summed E-state index contributed by atoms with van der Waals surface area (Å²) in [7, 11) is 4.29. The van der Waals surface area contributed by atoms with Gasteiger partial charge in [0.15, 0.2) is 0 Å². The van der Waals surface area contributed by atoms with Crippen LogP contribution in [0.1, 0.15) is 188 Å². The highest BCUT2D eigenvalue weighted by molar-refractivity contribution is 5.76. The summed E-state index contributed by atoms with van der Waals surface area (Å²) >= 11 is 0. The van der Waals surface area contributed by atoms with Crippen LogP contribution in [-0.2, 0) is 23.9 Å². The monoisotopic (exact) mass is 668 g/mol.